The number of nitriles is 1. The van der Waals surface area contributed by atoms with Crippen LogP contribution in [0.2, 0.25) is 5.02 Å². The van der Waals surface area contributed by atoms with Gasteiger partial charge in [-0.3, -0.25) is 0 Å². The van der Waals surface area contributed by atoms with E-state index in [9.17, 15) is 9.18 Å². The summed E-state index contributed by atoms with van der Waals surface area (Å²) in [6, 6.07) is 12.4. The summed E-state index contributed by atoms with van der Waals surface area (Å²) >= 11 is 5.77. The number of rotatable bonds is 5. The fraction of sp³-hybridized carbons (Fsp3) is 0.125. The van der Waals surface area contributed by atoms with Crippen LogP contribution in [0.15, 0.2) is 42.5 Å². The predicted molar refractivity (Wildman–Crippen MR) is 77.9 cm³/mol. The lowest BCUT2D eigenvalue weighted by atomic mass is 10.1. The average Bonchev–Trinajstić information content (AvgIpc) is 2.52. The number of carbonyl (C=O) groups excluding carboxylic acids is 1. The maximum absolute atomic E-state index is 12.9. The highest BCUT2D eigenvalue weighted by molar-refractivity contribution is 6.32. The molecule has 0 aliphatic heterocycles. The topological polar surface area (TPSA) is 59.3 Å². The van der Waals surface area contributed by atoms with Gasteiger partial charge in [0.15, 0.2) is 6.61 Å². The van der Waals surface area contributed by atoms with Crippen LogP contribution in [0.1, 0.15) is 11.1 Å². The lowest BCUT2D eigenvalue weighted by molar-refractivity contribution is -0.147. The smallest absolute Gasteiger partial charge is 0.344 e. The monoisotopic (exact) mass is 319 g/mol. The Morgan fingerprint density at radius 3 is 2.77 bits per heavy atom. The van der Waals surface area contributed by atoms with Crippen LogP contribution in [0.3, 0.4) is 0 Å². The fourth-order valence-corrected chi connectivity index (χ4v) is 1.91. The number of carbonyl (C=O) groups is 1. The summed E-state index contributed by atoms with van der Waals surface area (Å²) in [6.07, 6.45) is 0. The van der Waals surface area contributed by atoms with Gasteiger partial charge in [0.1, 0.15) is 18.2 Å². The molecular weight excluding hydrogens is 309 g/mol. The standard InChI is InChI=1S/C16H11ClFNO3/c17-14-7-13(18)5-6-15(14)21-10-16(20)22-9-12-4-2-1-3-11(12)8-19/h1-7H,9-10H2. The minimum Gasteiger partial charge on any atom is -0.480 e. The maximum Gasteiger partial charge on any atom is 0.344 e. The third-order valence-electron chi connectivity index (χ3n) is 2.77. The van der Waals surface area contributed by atoms with Gasteiger partial charge >= 0.3 is 5.97 Å². The van der Waals surface area contributed by atoms with Crippen molar-refractivity contribution in [1.82, 2.24) is 0 Å². The van der Waals surface area contributed by atoms with Gasteiger partial charge in [0.25, 0.3) is 0 Å². The molecule has 0 spiro atoms. The van der Waals surface area contributed by atoms with E-state index >= 15 is 0 Å². The van der Waals surface area contributed by atoms with Crippen LogP contribution in [-0.2, 0) is 16.1 Å². The average molecular weight is 320 g/mol. The lowest BCUT2D eigenvalue weighted by Crippen LogP contribution is -2.15. The normalized spacial score (nSPS) is 9.86. The molecule has 0 radical (unpaired) electrons. The van der Waals surface area contributed by atoms with Crippen molar-refractivity contribution in [3.8, 4) is 11.8 Å². The molecule has 0 aromatic heterocycles. The number of nitrogens with zero attached hydrogens (tertiary/aromatic N) is 1. The van der Waals surface area contributed by atoms with Crippen molar-refractivity contribution in [3.05, 3.63) is 64.4 Å². The summed E-state index contributed by atoms with van der Waals surface area (Å²) in [7, 11) is 0. The molecule has 6 heteroatoms. The van der Waals surface area contributed by atoms with Crippen LogP contribution < -0.4 is 4.74 Å². The molecule has 2 aromatic carbocycles. The molecule has 0 amide bonds. The van der Waals surface area contributed by atoms with E-state index in [0.29, 0.717) is 11.1 Å². The van der Waals surface area contributed by atoms with Crippen LogP contribution in [-0.4, -0.2) is 12.6 Å². The molecule has 0 saturated heterocycles. The molecule has 0 atom stereocenters. The van der Waals surface area contributed by atoms with Gasteiger partial charge in [-0.2, -0.15) is 5.26 Å². The molecule has 22 heavy (non-hydrogen) atoms. The molecule has 2 aromatic rings. The van der Waals surface area contributed by atoms with Crippen LogP contribution in [0, 0.1) is 17.1 Å². The Labute approximate surface area is 131 Å². The predicted octanol–water partition coefficient (Wildman–Crippen LogP) is 3.47. The van der Waals surface area contributed by atoms with Gasteiger partial charge in [-0.25, -0.2) is 9.18 Å². The Balaban J connectivity index is 1.87. The summed E-state index contributed by atoms with van der Waals surface area (Å²) in [5, 5.41) is 9.00. The van der Waals surface area contributed by atoms with Gasteiger partial charge < -0.3 is 9.47 Å². The van der Waals surface area contributed by atoms with Crippen LogP contribution >= 0.6 is 11.6 Å². The van der Waals surface area contributed by atoms with Crippen LogP contribution in [0.25, 0.3) is 0 Å². The highest BCUT2D eigenvalue weighted by Crippen LogP contribution is 2.24. The van der Waals surface area contributed by atoms with Crippen molar-refractivity contribution >= 4 is 17.6 Å². The first kappa shape index (κ1) is 15.8. The summed E-state index contributed by atoms with van der Waals surface area (Å²) in [4.78, 5) is 11.6. The molecular formula is C16H11ClFNO3. The van der Waals surface area contributed by atoms with Gasteiger partial charge in [0, 0.05) is 5.56 Å². The fourth-order valence-electron chi connectivity index (χ4n) is 1.68. The minimum absolute atomic E-state index is 0.0247. The molecule has 0 heterocycles. The van der Waals surface area contributed by atoms with E-state index in [1.54, 1.807) is 24.3 Å². The summed E-state index contributed by atoms with van der Waals surface area (Å²) in [5.41, 5.74) is 1.05. The first-order valence-corrected chi connectivity index (χ1v) is 6.69. The van der Waals surface area contributed by atoms with E-state index in [1.807, 2.05) is 6.07 Å². The van der Waals surface area contributed by atoms with Crippen molar-refractivity contribution < 1.29 is 18.7 Å². The molecule has 112 valence electrons. The number of esters is 1. The molecule has 0 fully saturated rings. The zero-order valence-corrected chi connectivity index (χ0v) is 12.1. The van der Waals surface area contributed by atoms with Gasteiger partial charge in [-0.1, -0.05) is 29.8 Å². The van der Waals surface area contributed by atoms with E-state index in [-0.39, 0.29) is 24.0 Å². The molecule has 0 saturated carbocycles. The van der Waals surface area contributed by atoms with Crippen LogP contribution in [0.5, 0.6) is 5.75 Å². The zero-order valence-electron chi connectivity index (χ0n) is 11.4. The number of benzene rings is 2. The first-order chi connectivity index (χ1) is 10.6. The number of ether oxygens (including phenoxy) is 2. The second-order valence-electron chi connectivity index (χ2n) is 4.29. The van der Waals surface area contributed by atoms with Crippen molar-refractivity contribution in [2.75, 3.05) is 6.61 Å². The molecule has 0 unspecified atom stereocenters. The van der Waals surface area contributed by atoms with Gasteiger partial charge in [-0.15, -0.1) is 0 Å². The highest BCUT2D eigenvalue weighted by Gasteiger charge is 2.09. The molecule has 0 aliphatic rings. The highest BCUT2D eigenvalue weighted by atomic mass is 35.5. The Kier molecular flexibility index (Phi) is 5.34. The summed E-state index contributed by atoms with van der Waals surface area (Å²) in [6.45, 7) is -0.386. The molecule has 0 N–H and O–H groups in total. The summed E-state index contributed by atoms with van der Waals surface area (Å²) in [5.74, 6) is -0.918. The lowest BCUT2D eigenvalue weighted by Gasteiger charge is -2.09. The number of halogens is 2. The Bertz CT molecular complexity index is 728. The SMILES string of the molecule is N#Cc1ccccc1COC(=O)COc1ccc(F)cc1Cl. The van der Waals surface area contributed by atoms with E-state index in [4.69, 9.17) is 26.3 Å². The van der Waals surface area contributed by atoms with Crippen molar-refractivity contribution in [2.24, 2.45) is 0 Å². The van der Waals surface area contributed by atoms with Crippen molar-refractivity contribution in [2.45, 2.75) is 6.61 Å². The van der Waals surface area contributed by atoms with E-state index in [0.717, 1.165) is 6.07 Å². The molecule has 2 rings (SSSR count). The van der Waals surface area contributed by atoms with Crippen molar-refractivity contribution in [1.29, 1.82) is 5.26 Å². The Morgan fingerprint density at radius 2 is 2.05 bits per heavy atom. The second-order valence-corrected chi connectivity index (χ2v) is 4.70. The third kappa shape index (κ3) is 4.21. The molecule has 0 aliphatic carbocycles. The zero-order chi connectivity index (χ0) is 15.9. The third-order valence-corrected chi connectivity index (χ3v) is 3.06. The first-order valence-electron chi connectivity index (χ1n) is 6.31. The van der Waals surface area contributed by atoms with Gasteiger partial charge in [0.05, 0.1) is 16.7 Å². The van der Waals surface area contributed by atoms with Gasteiger partial charge in [0.2, 0.25) is 0 Å². The number of hydrogen-bond donors (Lipinski definition) is 0. The minimum atomic E-state index is -0.617. The van der Waals surface area contributed by atoms with E-state index in [1.165, 1.54) is 12.1 Å². The quantitative estimate of drug-likeness (QED) is 0.792. The van der Waals surface area contributed by atoms with E-state index < -0.39 is 11.8 Å². The van der Waals surface area contributed by atoms with Crippen molar-refractivity contribution in [3.63, 3.8) is 0 Å². The largest absolute Gasteiger partial charge is 0.480 e. The van der Waals surface area contributed by atoms with Crippen LogP contribution in [0.4, 0.5) is 4.39 Å². The molecule has 4 nitrogen and oxygen atoms in total. The molecule has 0 bridgehead atoms. The Hall–Kier alpha value is -2.58. The van der Waals surface area contributed by atoms with Gasteiger partial charge in [-0.05, 0) is 24.3 Å². The summed E-state index contributed by atoms with van der Waals surface area (Å²) < 4.78 is 23.1. The Morgan fingerprint density at radius 1 is 1.27 bits per heavy atom. The maximum atomic E-state index is 12.9. The second kappa shape index (κ2) is 7.43. The number of hydrogen-bond acceptors (Lipinski definition) is 4. The van der Waals surface area contributed by atoms with E-state index in [2.05, 4.69) is 0 Å².